The molecule has 0 aliphatic heterocycles. The molecule has 6 nitrogen and oxygen atoms in total. The van der Waals surface area contributed by atoms with Crippen LogP contribution in [0.3, 0.4) is 0 Å². The monoisotopic (exact) mass is 810 g/mol. The summed E-state index contributed by atoms with van der Waals surface area (Å²) in [4.78, 5) is 33.3. The van der Waals surface area contributed by atoms with Crippen LogP contribution < -0.4 is 15.2 Å². The average Bonchev–Trinajstić information content (AvgIpc) is 3.88. The maximum absolute atomic E-state index is 14.4. The van der Waals surface area contributed by atoms with Gasteiger partial charge < -0.3 is 14.1 Å². The fourth-order valence-corrected chi connectivity index (χ4v) is 7.99. The summed E-state index contributed by atoms with van der Waals surface area (Å²) in [6.07, 6.45) is 4.25. The van der Waals surface area contributed by atoms with Gasteiger partial charge in [0.15, 0.2) is 12.4 Å². The number of carbonyl (C=O) groups excluding carboxylic acids is 2. The number of nitrogens with zero attached hydrogens (tertiary/aromatic N) is 2. The van der Waals surface area contributed by atoms with E-state index >= 15 is 0 Å². The summed E-state index contributed by atoms with van der Waals surface area (Å²) in [5.41, 5.74) is 4.47. The van der Waals surface area contributed by atoms with E-state index in [9.17, 15) is 27.2 Å². The Labute approximate surface area is 339 Å². The Morgan fingerprint density at radius 1 is 0.879 bits per heavy atom. The van der Waals surface area contributed by atoms with Gasteiger partial charge in [-0.25, -0.2) is 13.6 Å². The van der Waals surface area contributed by atoms with Crippen LogP contribution in [0.4, 0.5) is 17.6 Å². The smallest absolute Gasteiger partial charge is 0.375 e. The normalized spacial score (nSPS) is 13.5. The molecule has 0 fully saturated rings. The van der Waals surface area contributed by atoms with Crippen molar-refractivity contribution in [3.05, 3.63) is 133 Å². The first kappa shape index (κ1) is 42.1. The Morgan fingerprint density at radius 2 is 1.60 bits per heavy atom. The maximum atomic E-state index is 14.4. The molecule has 0 aliphatic carbocycles. The molecule has 6 aromatic rings. The average molecular weight is 811 g/mol. The van der Waals surface area contributed by atoms with Gasteiger partial charge in [-0.1, -0.05) is 98.9 Å². The van der Waals surface area contributed by atoms with Crippen LogP contribution >= 0.6 is 11.3 Å². The Balaban J connectivity index is 1.63. The molecular weight excluding hydrogens is 765 g/mol. The first-order valence-electron chi connectivity index (χ1n) is 19.5. The Morgan fingerprint density at radius 3 is 2.26 bits per heavy atom. The van der Waals surface area contributed by atoms with Crippen LogP contribution in [0.15, 0.2) is 95.5 Å². The molecule has 0 amide bonds. The van der Waals surface area contributed by atoms with E-state index in [4.69, 9.17) is 9.57 Å². The van der Waals surface area contributed by atoms with E-state index in [-0.39, 0.29) is 27.7 Å². The lowest BCUT2D eigenvalue weighted by Gasteiger charge is -2.19. The number of fused-ring (bicyclic) bond motifs is 3. The summed E-state index contributed by atoms with van der Waals surface area (Å²) >= 11 is 1.16. The molecule has 6 rings (SSSR count). The number of thiophene rings is 1. The molecule has 0 bridgehead atoms. The van der Waals surface area contributed by atoms with Crippen LogP contribution in [0.5, 0.6) is 5.75 Å². The van der Waals surface area contributed by atoms with Gasteiger partial charge in [0.1, 0.15) is 16.3 Å². The van der Waals surface area contributed by atoms with Crippen LogP contribution in [-0.4, -0.2) is 41.0 Å². The summed E-state index contributed by atoms with van der Waals surface area (Å²) in [5.74, 6) is -5.06. The molecule has 0 saturated heterocycles. The third kappa shape index (κ3) is 8.65. The molecule has 58 heavy (non-hydrogen) atoms. The number of hydrogen-bond acceptors (Lipinski definition) is 6. The summed E-state index contributed by atoms with van der Waals surface area (Å²) in [6.45, 7) is 9.32. The molecular formula is C47H46F4N2O4S. The number of para-hydroxylation sites is 1. The summed E-state index contributed by atoms with van der Waals surface area (Å²) in [5, 5.41) is 9.34. The number of unbranched alkanes of at least 4 members (excludes halogenated alkanes) is 1. The number of hydrogen-bond donors (Lipinski definition) is 0. The predicted molar refractivity (Wildman–Crippen MR) is 225 cm³/mol. The number of rotatable bonds is 16. The van der Waals surface area contributed by atoms with E-state index in [0.29, 0.717) is 22.6 Å². The minimum atomic E-state index is -4.42. The van der Waals surface area contributed by atoms with E-state index in [0.717, 1.165) is 81.4 Å². The highest BCUT2D eigenvalue weighted by Crippen LogP contribution is 2.34. The van der Waals surface area contributed by atoms with Crippen LogP contribution in [-0.2, 0) is 11.4 Å². The van der Waals surface area contributed by atoms with Gasteiger partial charge in [-0.05, 0) is 85.7 Å². The van der Waals surface area contributed by atoms with Crippen molar-refractivity contribution in [3.8, 4) is 5.75 Å². The van der Waals surface area contributed by atoms with Gasteiger partial charge >= 0.3 is 18.3 Å². The Bertz CT molecular complexity index is 2600. The van der Waals surface area contributed by atoms with Crippen molar-refractivity contribution >= 4 is 62.8 Å². The van der Waals surface area contributed by atoms with Gasteiger partial charge in [0.2, 0.25) is 0 Å². The molecule has 1 unspecified atom stereocenters. The van der Waals surface area contributed by atoms with E-state index in [2.05, 4.69) is 23.6 Å². The molecule has 11 heteroatoms. The second kappa shape index (κ2) is 18.4. The molecule has 2 heterocycles. The van der Waals surface area contributed by atoms with Crippen molar-refractivity contribution in [2.45, 2.75) is 79.2 Å². The first-order valence-corrected chi connectivity index (χ1v) is 20.3. The summed E-state index contributed by atoms with van der Waals surface area (Å²) < 4.78 is 62.3. The van der Waals surface area contributed by atoms with Crippen molar-refractivity contribution in [2.24, 2.45) is 11.1 Å². The summed E-state index contributed by atoms with van der Waals surface area (Å²) in [6, 6.07) is 24.4. The molecule has 0 N–H and O–H groups in total. The minimum absolute atomic E-state index is 0.0510. The standard InChI is InChI=1S/C47H46F4N2O4S/c1-6-10-17-30(7-2)27-53-39-23-22-31(25-36(39)37-26-38(32(8-3)33(9-4)43(37)53)44(54)34-18-12-11-16-29(34)5)42(52-57-45(55)41-21-15-24-58-41)35-19-13-14-20-40(35)56-28-47(50,51)46(48)49/h8-9,11-16,18-26,30,46H,6-7,10,17,27-28H2,1-5H3/b32-8+,33-9+,52-42+. The van der Waals surface area contributed by atoms with Crippen molar-refractivity contribution in [1.82, 2.24) is 4.57 Å². The number of aryl methyl sites for hydroxylation is 1. The third-order valence-corrected chi connectivity index (χ3v) is 11.4. The fourth-order valence-electron chi connectivity index (χ4n) is 7.40. The lowest BCUT2D eigenvalue weighted by Crippen LogP contribution is -2.34. The number of alkyl halides is 4. The molecule has 0 radical (unpaired) electrons. The second-order valence-electron chi connectivity index (χ2n) is 14.3. The number of halogens is 4. The van der Waals surface area contributed by atoms with Crippen LogP contribution in [0.1, 0.15) is 95.7 Å². The summed E-state index contributed by atoms with van der Waals surface area (Å²) in [7, 11) is 0. The van der Waals surface area contributed by atoms with Crippen LogP contribution in [0, 0.1) is 12.8 Å². The van der Waals surface area contributed by atoms with Gasteiger partial charge in [0.05, 0.1) is 5.52 Å². The third-order valence-electron chi connectivity index (χ3n) is 10.5. The Hall–Kier alpha value is -5.55. The van der Waals surface area contributed by atoms with Crippen molar-refractivity contribution < 1.29 is 36.7 Å². The van der Waals surface area contributed by atoms with Gasteiger partial charge in [-0.2, -0.15) is 8.78 Å². The maximum Gasteiger partial charge on any atom is 0.375 e. The van der Waals surface area contributed by atoms with Crippen molar-refractivity contribution in [3.63, 3.8) is 0 Å². The molecule has 4 aromatic carbocycles. The van der Waals surface area contributed by atoms with E-state index in [1.165, 1.54) is 18.2 Å². The fraction of sp³-hybridized carbons (Fsp3) is 0.298. The van der Waals surface area contributed by atoms with E-state index < -0.39 is 24.9 Å². The SMILES string of the molecule is C/C=c1/c(C(=O)c2ccccc2C)cc2c3cc(/C(=N\OC(=O)c4cccs4)c4ccccc4OCC(F)(F)C(F)F)ccc3n(CC(CC)CCCC)c2/c1=C/C. The van der Waals surface area contributed by atoms with Gasteiger partial charge in [0, 0.05) is 50.3 Å². The predicted octanol–water partition coefficient (Wildman–Crippen LogP) is 11.1. The zero-order valence-electron chi connectivity index (χ0n) is 33.2. The topological polar surface area (TPSA) is 69.9 Å². The van der Waals surface area contributed by atoms with Crippen LogP contribution in [0.25, 0.3) is 34.0 Å². The zero-order chi connectivity index (χ0) is 41.6. The van der Waals surface area contributed by atoms with E-state index in [1.807, 2.05) is 75.4 Å². The number of carbonyl (C=O) groups is 2. The quantitative estimate of drug-likeness (QED) is 0.0321. The van der Waals surface area contributed by atoms with Gasteiger partial charge in [0.25, 0.3) is 0 Å². The van der Waals surface area contributed by atoms with Crippen molar-refractivity contribution in [2.75, 3.05) is 6.61 Å². The number of benzene rings is 4. The molecule has 0 spiro atoms. The lowest BCUT2D eigenvalue weighted by molar-refractivity contribution is -0.148. The minimum Gasteiger partial charge on any atom is -0.486 e. The zero-order valence-corrected chi connectivity index (χ0v) is 34.0. The second-order valence-corrected chi connectivity index (χ2v) is 15.2. The van der Waals surface area contributed by atoms with E-state index in [1.54, 1.807) is 29.6 Å². The molecule has 1 atom stereocenters. The number of oxime groups is 1. The molecule has 2 aromatic heterocycles. The first-order chi connectivity index (χ1) is 27.9. The highest BCUT2D eigenvalue weighted by atomic mass is 32.1. The Kier molecular flexibility index (Phi) is 13.3. The highest BCUT2D eigenvalue weighted by Gasteiger charge is 2.42. The molecule has 0 aliphatic rings. The molecule has 302 valence electrons. The number of ketones is 1. The molecule has 0 saturated carbocycles. The number of aromatic nitrogens is 1. The van der Waals surface area contributed by atoms with Gasteiger partial charge in [-0.15, -0.1) is 11.3 Å². The van der Waals surface area contributed by atoms with Crippen molar-refractivity contribution in [1.29, 1.82) is 0 Å². The van der Waals surface area contributed by atoms with Gasteiger partial charge in [-0.3, -0.25) is 4.79 Å². The lowest BCUT2D eigenvalue weighted by atomic mass is 9.94. The highest BCUT2D eigenvalue weighted by molar-refractivity contribution is 7.11. The van der Waals surface area contributed by atoms with Crippen LogP contribution in [0.2, 0.25) is 0 Å². The number of ether oxygens (including phenoxy) is 1. The largest absolute Gasteiger partial charge is 0.486 e.